The lowest BCUT2D eigenvalue weighted by Crippen LogP contribution is -2.24. The molecule has 1 amide bonds. The molecule has 1 unspecified atom stereocenters. The Bertz CT molecular complexity index is 1410. The van der Waals surface area contributed by atoms with E-state index >= 15 is 0 Å². The van der Waals surface area contributed by atoms with Crippen LogP contribution in [0.3, 0.4) is 0 Å². The van der Waals surface area contributed by atoms with E-state index in [1.54, 1.807) is 24.1 Å². The SMILES string of the molecule is C=CCc1ccc(OCCn2c(C3CC(=O)N(c4cccc(F)c4)C3)nc3ccccc32)c(OC)c1. The number of aromatic nitrogens is 2. The molecule has 0 radical (unpaired) electrons. The molecule has 0 aliphatic carbocycles. The summed E-state index contributed by atoms with van der Waals surface area (Å²) in [5.74, 6) is 1.67. The van der Waals surface area contributed by atoms with Gasteiger partial charge in [-0.25, -0.2) is 9.37 Å². The van der Waals surface area contributed by atoms with E-state index in [0.29, 0.717) is 43.3 Å². The van der Waals surface area contributed by atoms with Crippen LogP contribution in [0, 0.1) is 5.82 Å². The Balaban J connectivity index is 1.38. The van der Waals surface area contributed by atoms with Gasteiger partial charge < -0.3 is 18.9 Å². The lowest BCUT2D eigenvalue weighted by molar-refractivity contribution is -0.117. The van der Waals surface area contributed by atoms with Crippen molar-refractivity contribution in [3.05, 3.63) is 96.6 Å². The van der Waals surface area contributed by atoms with E-state index in [0.717, 1.165) is 28.8 Å². The molecule has 1 aliphatic rings. The molecule has 1 fully saturated rings. The predicted molar refractivity (Wildman–Crippen MR) is 138 cm³/mol. The largest absolute Gasteiger partial charge is 0.493 e. The summed E-state index contributed by atoms with van der Waals surface area (Å²) < 4.78 is 27.5. The van der Waals surface area contributed by atoms with Crippen molar-refractivity contribution in [2.24, 2.45) is 0 Å². The van der Waals surface area contributed by atoms with Crippen molar-refractivity contribution in [1.29, 1.82) is 0 Å². The van der Waals surface area contributed by atoms with Crippen molar-refractivity contribution in [3.63, 3.8) is 0 Å². The summed E-state index contributed by atoms with van der Waals surface area (Å²) in [6, 6.07) is 20.0. The Kier molecular flexibility index (Phi) is 6.71. The lowest BCUT2D eigenvalue weighted by Gasteiger charge is -2.18. The molecule has 36 heavy (non-hydrogen) atoms. The molecule has 1 aliphatic heterocycles. The van der Waals surface area contributed by atoms with E-state index in [4.69, 9.17) is 14.5 Å². The molecule has 0 bridgehead atoms. The molecule has 6 nitrogen and oxygen atoms in total. The molecule has 0 spiro atoms. The fraction of sp³-hybridized carbons (Fsp3) is 0.241. The van der Waals surface area contributed by atoms with Gasteiger partial charge >= 0.3 is 0 Å². The number of allylic oxidation sites excluding steroid dienone is 1. The summed E-state index contributed by atoms with van der Waals surface area (Å²) >= 11 is 0. The van der Waals surface area contributed by atoms with Crippen molar-refractivity contribution in [1.82, 2.24) is 9.55 Å². The van der Waals surface area contributed by atoms with Gasteiger partial charge in [-0.2, -0.15) is 0 Å². The first-order valence-electron chi connectivity index (χ1n) is 12.0. The highest BCUT2D eigenvalue weighted by Gasteiger charge is 2.35. The average molecular weight is 486 g/mol. The van der Waals surface area contributed by atoms with Crippen LogP contribution < -0.4 is 14.4 Å². The van der Waals surface area contributed by atoms with Gasteiger partial charge in [-0.3, -0.25) is 4.79 Å². The van der Waals surface area contributed by atoms with Gasteiger partial charge in [0.2, 0.25) is 5.91 Å². The molecule has 3 aromatic carbocycles. The van der Waals surface area contributed by atoms with Gasteiger partial charge in [-0.15, -0.1) is 6.58 Å². The van der Waals surface area contributed by atoms with Gasteiger partial charge in [-0.05, 0) is 54.4 Å². The Morgan fingerprint density at radius 3 is 2.78 bits per heavy atom. The first kappa shape index (κ1) is 23.6. The van der Waals surface area contributed by atoms with E-state index in [-0.39, 0.29) is 17.6 Å². The van der Waals surface area contributed by atoms with Crippen molar-refractivity contribution in [2.45, 2.75) is 25.3 Å². The maximum atomic E-state index is 13.8. The molecule has 1 aromatic heterocycles. The van der Waals surface area contributed by atoms with Crippen molar-refractivity contribution < 1.29 is 18.7 Å². The fourth-order valence-corrected chi connectivity index (χ4v) is 4.79. The number of ether oxygens (including phenoxy) is 2. The molecular formula is C29H28FN3O3. The summed E-state index contributed by atoms with van der Waals surface area (Å²) in [5, 5.41) is 0. The number of para-hydroxylation sites is 2. The van der Waals surface area contributed by atoms with E-state index in [9.17, 15) is 9.18 Å². The normalized spacial score (nSPS) is 15.4. The molecule has 0 saturated carbocycles. The zero-order chi connectivity index (χ0) is 25.1. The standard InChI is InChI=1S/C29H28FN3O3/c1-3-7-20-12-13-26(27(16-20)35-2)36-15-14-32-25-11-5-4-10-24(25)31-29(32)21-17-28(34)33(19-21)23-9-6-8-22(30)18-23/h3-6,8-13,16,18,21H,1,7,14-15,17,19H2,2H3. The third-order valence-corrected chi connectivity index (χ3v) is 6.47. The van der Waals surface area contributed by atoms with Gasteiger partial charge in [0, 0.05) is 24.6 Å². The monoisotopic (exact) mass is 485 g/mol. The summed E-state index contributed by atoms with van der Waals surface area (Å²) in [6.45, 7) is 5.19. The average Bonchev–Trinajstić information content (AvgIpc) is 3.45. The van der Waals surface area contributed by atoms with Crippen molar-refractivity contribution in [3.8, 4) is 11.5 Å². The van der Waals surface area contributed by atoms with Gasteiger partial charge in [-0.1, -0.05) is 30.3 Å². The molecule has 7 heteroatoms. The smallest absolute Gasteiger partial charge is 0.227 e. The Labute approximate surface area is 209 Å². The zero-order valence-electron chi connectivity index (χ0n) is 20.2. The summed E-state index contributed by atoms with van der Waals surface area (Å²) in [5.41, 5.74) is 3.53. The number of fused-ring (bicyclic) bond motifs is 1. The number of nitrogens with zero attached hydrogens (tertiary/aromatic N) is 3. The van der Waals surface area contributed by atoms with Crippen LogP contribution >= 0.6 is 0 Å². The number of anilines is 1. The highest BCUT2D eigenvalue weighted by molar-refractivity contribution is 5.96. The quantitative estimate of drug-likeness (QED) is 0.293. The van der Waals surface area contributed by atoms with Crippen molar-refractivity contribution >= 4 is 22.6 Å². The predicted octanol–water partition coefficient (Wildman–Crippen LogP) is 5.51. The number of carbonyl (C=O) groups excluding carboxylic acids is 1. The molecule has 5 rings (SSSR count). The number of hydrogen-bond acceptors (Lipinski definition) is 4. The van der Waals surface area contributed by atoms with Gasteiger partial charge in [0.25, 0.3) is 0 Å². The Morgan fingerprint density at radius 1 is 1.11 bits per heavy atom. The van der Waals surface area contributed by atoms with Crippen LogP contribution in [-0.4, -0.2) is 35.7 Å². The zero-order valence-corrected chi connectivity index (χ0v) is 20.2. The Morgan fingerprint density at radius 2 is 1.97 bits per heavy atom. The number of hydrogen-bond donors (Lipinski definition) is 0. The number of methoxy groups -OCH3 is 1. The maximum absolute atomic E-state index is 13.8. The highest BCUT2D eigenvalue weighted by Crippen LogP contribution is 2.34. The second-order valence-corrected chi connectivity index (χ2v) is 8.82. The van der Waals surface area contributed by atoms with E-state index < -0.39 is 0 Å². The van der Waals surface area contributed by atoms with Gasteiger partial charge in [0.1, 0.15) is 18.2 Å². The lowest BCUT2D eigenvalue weighted by atomic mass is 10.1. The number of benzene rings is 3. The van der Waals surface area contributed by atoms with Gasteiger partial charge in [0.05, 0.1) is 24.7 Å². The topological polar surface area (TPSA) is 56.6 Å². The minimum atomic E-state index is -0.360. The summed E-state index contributed by atoms with van der Waals surface area (Å²) in [7, 11) is 1.63. The van der Waals surface area contributed by atoms with Crippen LogP contribution in [0.25, 0.3) is 11.0 Å². The summed E-state index contributed by atoms with van der Waals surface area (Å²) in [6.07, 6.45) is 2.93. The third kappa shape index (κ3) is 4.69. The Hall–Kier alpha value is -4.13. The van der Waals surface area contributed by atoms with Crippen LogP contribution in [-0.2, 0) is 17.8 Å². The second kappa shape index (κ2) is 10.2. The molecule has 1 atom stereocenters. The van der Waals surface area contributed by atoms with Crippen molar-refractivity contribution in [2.75, 3.05) is 25.2 Å². The minimum absolute atomic E-state index is 0.0372. The number of halogens is 1. The number of imidazole rings is 1. The first-order chi connectivity index (χ1) is 17.6. The number of carbonyl (C=O) groups is 1. The van der Waals surface area contributed by atoms with Crippen LogP contribution in [0.5, 0.6) is 11.5 Å². The third-order valence-electron chi connectivity index (χ3n) is 6.47. The summed E-state index contributed by atoms with van der Waals surface area (Å²) in [4.78, 5) is 19.4. The van der Waals surface area contributed by atoms with Crippen LogP contribution in [0.2, 0.25) is 0 Å². The molecule has 4 aromatic rings. The van der Waals surface area contributed by atoms with Gasteiger partial charge in [0.15, 0.2) is 11.5 Å². The highest BCUT2D eigenvalue weighted by atomic mass is 19.1. The molecule has 0 N–H and O–H groups in total. The number of rotatable bonds is 9. The molecule has 1 saturated heterocycles. The molecule has 2 heterocycles. The number of amides is 1. The van der Waals surface area contributed by atoms with E-state index in [2.05, 4.69) is 11.1 Å². The van der Waals surface area contributed by atoms with Crippen LogP contribution in [0.4, 0.5) is 10.1 Å². The first-order valence-corrected chi connectivity index (χ1v) is 12.0. The fourth-order valence-electron chi connectivity index (χ4n) is 4.79. The molecule has 184 valence electrons. The van der Waals surface area contributed by atoms with Crippen LogP contribution in [0.1, 0.15) is 23.7 Å². The van der Waals surface area contributed by atoms with Crippen LogP contribution in [0.15, 0.2) is 79.4 Å². The van der Waals surface area contributed by atoms with E-state index in [1.165, 1.54) is 12.1 Å². The van der Waals surface area contributed by atoms with E-state index in [1.807, 2.05) is 48.5 Å². The maximum Gasteiger partial charge on any atom is 0.227 e. The minimum Gasteiger partial charge on any atom is -0.493 e. The second-order valence-electron chi connectivity index (χ2n) is 8.82. The molecular weight excluding hydrogens is 457 g/mol.